The predicted molar refractivity (Wildman–Crippen MR) is 75.5 cm³/mol. The third-order valence-electron chi connectivity index (χ3n) is 3.69. The van der Waals surface area contributed by atoms with Crippen LogP contribution in [0.2, 0.25) is 0 Å². The molecule has 5 heteroatoms. The molecular weight excluding hydrogens is 256 g/mol. The molecule has 5 nitrogen and oxygen atoms in total. The second-order valence-electron chi connectivity index (χ2n) is 5.06. The number of hydrogen-bond donors (Lipinski definition) is 3. The molecule has 1 aromatic carbocycles. The molecule has 0 aromatic heterocycles. The summed E-state index contributed by atoms with van der Waals surface area (Å²) in [5.74, 6) is -1.01. The first-order valence-corrected chi connectivity index (χ1v) is 6.99. The normalized spacial score (nSPS) is 18.8. The van der Waals surface area contributed by atoms with Crippen LogP contribution in [0.25, 0.3) is 0 Å². The molecule has 2 unspecified atom stereocenters. The molecule has 108 valence electrons. The number of benzene rings is 1. The lowest BCUT2D eigenvalue weighted by Crippen LogP contribution is -2.47. The number of carbonyl (C=O) groups is 2. The van der Waals surface area contributed by atoms with Crippen LogP contribution < -0.4 is 10.6 Å². The van der Waals surface area contributed by atoms with E-state index in [4.69, 9.17) is 5.11 Å². The maximum Gasteiger partial charge on any atom is 0.326 e. The van der Waals surface area contributed by atoms with Crippen LogP contribution in [0.1, 0.15) is 43.4 Å². The number of fused-ring (bicyclic) bond motifs is 1. The first-order valence-electron chi connectivity index (χ1n) is 6.99. The molecular formula is C15H20N2O3. The first kappa shape index (κ1) is 14.4. The van der Waals surface area contributed by atoms with Gasteiger partial charge < -0.3 is 15.7 Å². The Bertz CT molecular complexity index is 502. The fraction of sp³-hybridized carbons (Fsp3) is 0.467. The number of rotatable bonds is 4. The summed E-state index contributed by atoms with van der Waals surface area (Å²) in [6, 6.07) is 6.77. The predicted octanol–water partition coefficient (Wildman–Crippen LogP) is 2.23. The lowest BCUT2D eigenvalue weighted by molar-refractivity contribution is -0.139. The van der Waals surface area contributed by atoms with Crippen molar-refractivity contribution in [1.82, 2.24) is 10.6 Å². The van der Waals surface area contributed by atoms with Crippen molar-refractivity contribution in [2.75, 3.05) is 0 Å². The molecule has 0 bridgehead atoms. The van der Waals surface area contributed by atoms with Crippen LogP contribution in [-0.4, -0.2) is 23.1 Å². The van der Waals surface area contributed by atoms with E-state index < -0.39 is 18.0 Å². The minimum absolute atomic E-state index is 0.0359. The lowest BCUT2D eigenvalue weighted by atomic mass is 9.88. The van der Waals surface area contributed by atoms with Crippen LogP contribution >= 0.6 is 0 Å². The third-order valence-corrected chi connectivity index (χ3v) is 3.69. The van der Waals surface area contributed by atoms with E-state index in [0.29, 0.717) is 6.42 Å². The molecule has 0 fully saturated rings. The van der Waals surface area contributed by atoms with Crippen molar-refractivity contribution in [3.63, 3.8) is 0 Å². The minimum Gasteiger partial charge on any atom is -0.480 e. The van der Waals surface area contributed by atoms with Crippen molar-refractivity contribution in [3.8, 4) is 0 Å². The Morgan fingerprint density at radius 3 is 2.85 bits per heavy atom. The average Bonchev–Trinajstić information content (AvgIpc) is 2.45. The molecule has 20 heavy (non-hydrogen) atoms. The zero-order valence-electron chi connectivity index (χ0n) is 11.6. The van der Waals surface area contributed by atoms with Crippen molar-refractivity contribution in [3.05, 3.63) is 35.4 Å². The Hall–Kier alpha value is -2.04. The Labute approximate surface area is 118 Å². The van der Waals surface area contributed by atoms with Crippen molar-refractivity contribution < 1.29 is 14.7 Å². The van der Waals surface area contributed by atoms with E-state index in [1.165, 1.54) is 5.56 Å². The van der Waals surface area contributed by atoms with Crippen molar-refractivity contribution >= 4 is 12.0 Å². The van der Waals surface area contributed by atoms with Gasteiger partial charge in [0.15, 0.2) is 0 Å². The summed E-state index contributed by atoms with van der Waals surface area (Å²) in [5.41, 5.74) is 2.39. The molecule has 1 aliphatic carbocycles. The summed E-state index contributed by atoms with van der Waals surface area (Å²) in [5, 5.41) is 14.3. The van der Waals surface area contributed by atoms with Gasteiger partial charge in [0.1, 0.15) is 6.04 Å². The van der Waals surface area contributed by atoms with E-state index in [0.717, 1.165) is 24.8 Å². The molecule has 0 heterocycles. The Kier molecular flexibility index (Phi) is 4.61. The molecule has 0 aliphatic heterocycles. The third kappa shape index (κ3) is 3.29. The lowest BCUT2D eigenvalue weighted by Gasteiger charge is -2.27. The Morgan fingerprint density at radius 2 is 2.15 bits per heavy atom. The van der Waals surface area contributed by atoms with Gasteiger partial charge in [-0.15, -0.1) is 0 Å². The van der Waals surface area contributed by atoms with E-state index >= 15 is 0 Å². The van der Waals surface area contributed by atoms with Crippen molar-refractivity contribution in [2.45, 2.75) is 44.7 Å². The molecule has 1 aromatic rings. The molecule has 0 saturated carbocycles. The van der Waals surface area contributed by atoms with Crippen molar-refractivity contribution in [1.29, 1.82) is 0 Å². The van der Waals surface area contributed by atoms with Gasteiger partial charge in [-0.3, -0.25) is 0 Å². The number of carbonyl (C=O) groups excluding carboxylic acids is 1. The quantitative estimate of drug-likeness (QED) is 0.789. The Morgan fingerprint density at radius 1 is 1.40 bits per heavy atom. The van der Waals surface area contributed by atoms with Crippen LogP contribution in [0.15, 0.2) is 24.3 Å². The van der Waals surface area contributed by atoms with E-state index in [2.05, 4.69) is 16.7 Å². The highest BCUT2D eigenvalue weighted by Gasteiger charge is 2.23. The van der Waals surface area contributed by atoms with Gasteiger partial charge in [-0.2, -0.15) is 0 Å². The molecule has 2 amide bonds. The van der Waals surface area contributed by atoms with Gasteiger partial charge in [0.05, 0.1) is 6.04 Å². The maximum absolute atomic E-state index is 11.9. The maximum atomic E-state index is 11.9. The van der Waals surface area contributed by atoms with Crippen LogP contribution in [-0.2, 0) is 11.2 Å². The molecule has 2 rings (SSSR count). The summed E-state index contributed by atoms with van der Waals surface area (Å²) in [4.78, 5) is 22.8. The monoisotopic (exact) mass is 276 g/mol. The fourth-order valence-corrected chi connectivity index (χ4v) is 2.60. The zero-order valence-corrected chi connectivity index (χ0v) is 11.6. The van der Waals surface area contributed by atoms with Crippen molar-refractivity contribution in [2.24, 2.45) is 0 Å². The number of urea groups is 1. The molecule has 2 atom stereocenters. The molecule has 1 aliphatic rings. The van der Waals surface area contributed by atoms with Gasteiger partial charge in [0.2, 0.25) is 0 Å². The SMILES string of the molecule is CCC(NC(=O)NC1CCCc2ccccc21)C(=O)O. The summed E-state index contributed by atoms with van der Waals surface area (Å²) >= 11 is 0. The van der Waals surface area contributed by atoms with Gasteiger partial charge in [0, 0.05) is 0 Å². The van der Waals surface area contributed by atoms with Crippen LogP contribution in [0.5, 0.6) is 0 Å². The van der Waals surface area contributed by atoms with E-state index in [-0.39, 0.29) is 6.04 Å². The van der Waals surface area contributed by atoms with Gasteiger partial charge >= 0.3 is 12.0 Å². The first-order chi connectivity index (χ1) is 9.61. The van der Waals surface area contributed by atoms with Crippen LogP contribution in [0.4, 0.5) is 4.79 Å². The summed E-state index contributed by atoms with van der Waals surface area (Å²) in [6.45, 7) is 1.73. The van der Waals surface area contributed by atoms with Crippen LogP contribution in [0.3, 0.4) is 0 Å². The smallest absolute Gasteiger partial charge is 0.326 e. The standard InChI is InChI=1S/C15H20N2O3/c1-2-12(14(18)19)16-15(20)17-13-9-5-7-10-6-3-4-8-11(10)13/h3-4,6,8,12-13H,2,5,7,9H2,1H3,(H,18,19)(H2,16,17,20). The van der Waals surface area contributed by atoms with Gasteiger partial charge in [-0.25, -0.2) is 9.59 Å². The number of carboxylic acid groups (broad SMARTS) is 1. The molecule has 3 N–H and O–H groups in total. The number of nitrogens with one attached hydrogen (secondary N) is 2. The summed E-state index contributed by atoms with van der Waals surface area (Å²) < 4.78 is 0. The van der Waals surface area contributed by atoms with E-state index in [1.807, 2.05) is 18.2 Å². The van der Waals surface area contributed by atoms with Gasteiger partial charge in [0.25, 0.3) is 0 Å². The number of carboxylic acids is 1. The summed E-state index contributed by atoms with van der Waals surface area (Å²) in [7, 11) is 0. The van der Waals surface area contributed by atoms with E-state index in [1.54, 1.807) is 6.92 Å². The number of amides is 2. The topological polar surface area (TPSA) is 78.4 Å². The molecule has 0 saturated heterocycles. The highest BCUT2D eigenvalue weighted by atomic mass is 16.4. The Balaban J connectivity index is 2.01. The van der Waals surface area contributed by atoms with Gasteiger partial charge in [-0.05, 0) is 36.8 Å². The molecule has 0 radical (unpaired) electrons. The number of aryl methyl sites for hydroxylation is 1. The highest BCUT2D eigenvalue weighted by molar-refractivity contribution is 5.82. The average molecular weight is 276 g/mol. The fourth-order valence-electron chi connectivity index (χ4n) is 2.60. The van der Waals surface area contributed by atoms with Crippen LogP contribution in [0, 0.1) is 0 Å². The second-order valence-corrected chi connectivity index (χ2v) is 5.06. The number of hydrogen-bond acceptors (Lipinski definition) is 2. The highest BCUT2D eigenvalue weighted by Crippen LogP contribution is 2.29. The number of aliphatic carboxylic acids is 1. The largest absolute Gasteiger partial charge is 0.480 e. The summed E-state index contributed by atoms with van der Waals surface area (Å²) in [6.07, 6.45) is 3.30. The zero-order chi connectivity index (χ0) is 14.5. The van der Waals surface area contributed by atoms with Gasteiger partial charge in [-0.1, -0.05) is 31.2 Å². The van der Waals surface area contributed by atoms with E-state index in [9.17, 15) is 9.59 Å². The minimum atomic E-state index is -1.01. The second kappa shape index (κ2) is 6.41. The molecule has 0 spiro atoms.